The fourth-order valence-corrected chi connectivity index (χ4v) is 3.67. The Kier molecular flexibility index (Phi) is 7.65. The van der Waals surface area contributed by atoms with Crippen LogP contribution in [-0.2, 0) is 10.9 Å². The van der Waals surface area contributed by atoms with Gasteiger partial charge in [-0.05, 0) is 25.1 Å². The maximum Gasteiger partial charge on any atom is 0.416 e. The van der Waals surface area contributed by atoms with Gasteiger partial charge in [0.25, 0.3) is 0 Å². The molecule has 3 aromatic rings. The molecule has 3 heterocycles. The highest BCUT2D eigenvalue weighted by molar-refractivity contribution is 5.99. The van der Waals surface area contributed by atoms with Crippen molar-refractivity contribution in [3.8, 4) is 11.3 Å². The number of aliphatic hydroxyl groups is 1. The number of ether oxygens (including phenoxy) is 1. The first kappa shape index (κ1) is 25.3. The topological polar surface area (TPSA) is 122 Å². The third kappa shape index (κ3) is 6.07. The number of halogens is 3. The molecule has 9 nitrogen and oxygen atoms in total. The van der Waals surface area contributed by atoms with Crippen molar-refractivity contribution in [2.45, 2.75) is 13.1 Å². The molecule has 0 saturated carbocycles. The largest absolute Gasteiger partial charge is 0.416 e. The van der Waals surface area contributed by atoms with E-state index in [1.165, 1.54) is 18.3 Å². The number of pyridine rings is 1. The minimum atomic E-state index is -4.48. The van der Waals surface area contributed by atoms with Crippen molar-refractivity contribution in [2.24, 2.45) is 10.7 Å². The molecule has 1 aliphatic heterocycles. The van der Waals surface area contributed by atoms with E-state index < -0.39 is 11.7 Å². The number of nitrogens with two attached hydrogens (primary N) is 1. The third-order valence-corrected chi connectivity index (χ3v) is 5.53. The van der Waals surface area contributed by atoms with Crippen LogP contribution in [0.4, 0.5) is 30.6 Å². The normalized spacial score (nSPS) is 14.7. The highest BCUT2D eigenvalue weighted by atomic mass is 19.4. The van der Waals surface area contributed by atoms with Crippen molar-refractivity contribution in [1.29, 1.82) is 0 Å². The number of morpholine rings is 1. The summed E-state index contributed by atoms with van der Waals surface area (Å²) in [4.78, 5) is 19.9. The highest BCUT2D eigenvalue weighted by Crippen LogP contribution is 2.31. The zero-order valence-electron chi connectivity index (χ0n) is 19.6. The first-order chi connectivity index (χ1) is 17.2. The molecule has 0 amide bonds. The summed E-state index contributed by atoms with van der Waals surface area (Å²) in [5, 5.41) is 12.2. The summed E-state index contributed by atoms with van der Waals surface area (Å²) in [5.41, 5.74) is 7.67. The van der Waals surface area contributed by atoms with Crippen LogP contribution in [0.1, 0.15) is 16.8 Å². The Labute approximate surface area is 205 Å². The second kappa shape index (κ2) is 10.9. The smallest absolute Gasteiger partial charge is 0.395 e. The first-order valence-corrected chi connectivity index (χ1v) is 11.3. The number of alkyl halides is 3. The van der Waals surface area contributed by atoms with E-state index in [9.17, 15) is 18.3 Å². The lowest BCUT2D eigenvalue weighted by Gasteiger charge is -2.28. The maximum atomic E-state index is 13.1. The third-order valence-electron chi connectivity index (χ3n) is 5.53. The van der Waals surface area contributed by atoms with Gasteiger partial charge < -0.3 is 25.8 Å². The van der Waals surface area contributed by atoms with Gasteiger partial charge in [-0.15, -0.1) is 0 Å². The van der Waals surface area contributed by atoms with Gasteiger partial charge in [0.15, 0.2) is 0 Å². The average molecular weight is 502 g/mol. The van der Waals surface area contributed by atoms with E-state index in [4.69, 9.17) is 10.5 Å². The minimum absolute atomic E-state index is 0.0697. The number of aromatic nitrogens is 3. The number of aliphatic hydroxyl groups excluding tert-OH is 1. The summed E-state index contributed by atoms with van der Waals surface area (Å²) >= 11 is 0. The van der Waals surface area contributed by atoms with Crippen molar-refractivity contribution in [1.82, 2.24) is 15.0 Å². The van der Waals surface area contributed by atoms with Crippen LogP contribution >= 0.6 is 0 Å². The van der Waals surface area contributed by atoms with Crippen LogP contribution < -0.4 is 16.0 Å². The van der Waals surface area contributed by atoms with E-state index in [2.05, 4.69) is 30.2 Å². The van der Waals surface area contributed by atoms with E-state index in [0.717, 1.165) is 12.1 Å². The Morgan fingerprint density at radius 2 is 1.97 bits per heavy atom. The summed E-state index contributed by atoms with van der Waals surface area (Å²) in [6.07, 6.45) is -2.99. The van der Waals surface area contributed by atoms with Crippen LogP contribution in [0.25, 0.3) is 11.3 Å². The molecule has 0 bridgehead atoms. The van der Waals surface area contributed by atoms with Gasteiger partial charge in [0.2, 0.25) is 5.95 Å². The molecule has 0 aliphatic carbocycles. The zero-order chi connectivity index (χ0) is 25.7. The summed E-state index contributed by atoms with van der Waals surface area (Å²) in [6.45, 7) is 4.52. The molecular formula is C24H26F3N7O2. The van der Waals surface area contributed by atoms with Crippen molar-refractivity contribution < 1.29 is 23.0 Å². The number of aliphatic imine (C=N–C) groups is 1. The summed E-state index contributed by atoms with van der Waals surface area (Å²) in [5.74, 6) is 0.972. The molecule has 1 aliphatic rings. The maximum absolute atomic E-state index is 13.1. The standard InChI is InChI=1S/C24H26F3N7O2/c1-15-19(20-13-21(34-6-9-36-10-7-34)33-23(32-20)29-5-8-35)12-18(14-30-15)31-22(28)16-3-2-4-17(11-16)24(25,26)27/h2-4,11-14,35H,5-10H2,1H3,(H2,28,31)(H,29,32,33). The van der Waals surface area contributed by atoms with Crippen molar-refractivity contribution in [3.63, 3.8) is 0 Å². The molecule has 12 heteroatoms. The SMILES string of the molecule is Cc1ncc(N=C(N)c2cccc(C(F)(F)F)c2)cc1-c1cc(N2CCOCC2)nc(NCCO)n1. The van der Waals surface area contributed by atoms with Gasteiger partial charge in [-0.25, -0.2) is 9.98 Å². The van der Waals surface area contributed by atoms with Crippen LogP contribution in [0.2, 0.25) is 0 Å². The number of anilines is 2. The molecule has 1 saturated heterocycles. The molecule has 1 fully saturated rings. The Bertz CT molecular complexity index is 1240. The zero-order valence-corrected chi connectivity index (χ0v) is 19.6. The van der Waals surface area contributed by atoms with E-state index >= 15 is 0 Å². The van der Waals surface area contributed by atoms with E-state index in [1.54, 1.807) is 6.07 Å². The predicted molar refractivity (Wildman–Crippen MR) is 130 cm³/mol. The molecule has 2 aromatic heterocycles. The number of hydrogen-bond acceptors (Lipinski definition) is 8. The number of amidine groups is 1. The lowest BCUT2D eigenvalue weighted by molar-refractivity contribution is -0.137. The monoisotopic (exact) mass is 501 g/mol. The number of nitrogens with one attached hydrogen (secondary N) is 1. The van der Waals surface area contributed by atoms with Crippen molar-refractivity contribution in [3.05, 3.63) is 59.4 Å². The second-order valence-corrected chi connectivity index (χ2v) is 8.09. The fourth-order valence-electron chi connectivity index (χ4n) is 3.67. The lowest BCUT2D eigenvalue weighted by atomic mass is 10.1. The van der Waals surface area contributed by atoms with Crippen LogP contribution in [0, 0.1) is 6.92 Å². The molecule has 0 spiro atoms. The van der Waals surface area contributed by atoms with E-state index in [0.29, 0.717) is 60.7 Å². The average Bonchev–Trinajstić information content (AvgIpc) is 2.88. The highest BCUT2D eigenvalue weighted by Gasteiger charge is 2.30. The van der Waals surface area contributed by atoms with Gasteiger partial charge in [-0.1, -0.05) is 12.1 Å². The van der Waals surface area contributed by atoms with Crippen LogP contribution in [0.5, 0.6) is 0 Å². The predicted octanol–water partition coefficient (Wildman–Crippen LogP) is 3.14. The fraction of sp³-hybridized carbons (Fsp3) is 0.333. The summed E-state index contributed by atoms with van der Waals surface area (Å²) in [6, 6.07) is 8.25. The molecule has 1 aromatic carbocycles. The van der Waals surface area contributed by atoms with Crippen molar-refractivity contribution >= 4 is 23.3 Å². The van der Waals surface area contributed by atoms with E-state index in [-0.39, 0.29) is 24.6 Å². The molecule has 0 unspecified atom stereocenters. The Balaban J connectivity index is 1.71. The number of benzene rings is 1. The molecular weight excluding hydrogens is 475 g/mol. The minimum Gasteiger partial charge on any atom is -0.395 e. The van der Waals surface area contributed by atoms with Gasteiger partial charge >= 0.3 is 6.18 Å². The summed E-state index contributed by atoms with van der Waals surface area (Å²) in [7, 11) is 0. The van der Waals surface area contributed by atoms with Crippen LogP contribution in [0.3, 0.4) is 0 Å². The molecule has 4 N–H and O–H groups in total. The number of rotatable bonds is 7. The van der Waals surface area contributed by atoms with E-state index in [1.807, 2.05) is 13.0 Å². The summed E-state index contributed by atoms with van der Waals surface area (Å²) < 4.78 is 44.7. The molecule has 190 valence electrons. The first-order valence-electron chi connectivity index (χ1n) is 11.3. The molecule has 0 radical (unpaired) electrons. The van der Waals surface area contributed by atoms with Crippen molar-refractivity contribution in [2.75, 3.05) is 49.7 Å². The molecule has 36 heavy (non-hydrogen) atoms. The number of hydrogen-bond donors (Lipinski definition) is 3. The lowest BCUT2D eigenvalue weighted by Crippen LogP contribution is -2.37. The van der Waals surface area contributed by atoms with Crippen LogP contribution in [-0.4, -0.2) is 65.3 Å². The van der Waals surface area contributed by atoms with Gasteiger partial charge in [0.1, 0.15) is 11.7 Å². The van der Waals surface area contributed by atoms with Gasteiger partial charge in [-0.3, -0.25) is 4.98 Å². The molecule has 0 atom stereocenters. The second-order valence-electron chi connectivity index (χ2n) is 8.09. The Hall–Kier alpha value is -3.77. The number of aryl methyl sites for hydroxylation is 1. The van der Waals surface area contributed by atoms with Gasteiger partial charge in [0.05, 0.1) is 43.0 Å². The molecule has 4 rings (SSSR count). The Morgan fingerprint density at radius 1 is 1.19 bits per heavy atom. The van der Waals surface area contributed by atoms with Gasteiger partial charge in [0, 0.05) is 42.5 Å². The Morgan fingerprint density at radius 3 is 2.69 bits per heavy atom. The van der Waals surface area contributed by atoms with Crippen LogP contribution in [0.15, 0.2) is 47.6 Å². The number of nitrogens with zero attached hydrogens (tertiary/aromatic N) is 5. The van der Waals surface area contributed by atoms with Gasteiger partial charge in [-0.2, -0.15) is 18.2 Å². The quantitative estimate of drug-likeness (QED) is 0.334.